The summed E-state index contributed by atoms with van der Waals surface area (Å²) in [7, 11) is 1.77. The van der Waals surface area contributed by atoms with E-state index in [0.717, 1.165) is 0 Å². The Hall–Kier alpha value is -2.50. The van der Waals surface area contributed by atoms with Crippen LogP contribution in [0.5, 0.6) is 0 Å². The van der Waals surface area contributed by atoms with Crippen LogP contribution in [0.1, 0.15) is 24.2 Å². The lowest BCUT2D eigenvalue weighted by molar-refractivity contribution is 0.582. The molecule has 1 unspecified atom stereocenters. The van der Waals surface area contributed by atoms with Gasteiger partial charge in [0.05, 0.1) is 6.04 Å². The molecular formula is C14H16FN5. The van der Waals surface area contributed by atoms with Crippen molar-refractivity contribution < 1.29 is 4.39 Å². The predicted octanol–water partition coefficient (Wildman–Crippen LogP) is 2.10. The molecule has 0 radical (unpaired) electrons. The Morgan fingerprint density at radius 2 is 2.05 bits per heavy atom. The minimum atomic E-state index is -0.269. The van der Waals surface area contributed by atoms with Crippen LogP contribution in [0.3, 0.4) is 0 Å². The standard InChI is InChI=1S/C14H16FN5/c1-9(10-5-3-4-6-11(10)15)20(2)14-18-8-7-12(19-14)13(16)17/h3-9H,1-2H3,(H3,16,17). The molecule has 0 fully saturated rings. The molecule has 3 N–H and O–H groups in total. The molecule has 0 saturated heterocycles. The third-order valence-corrected chi connectivity index (χ3v) is 3.17. The fourth-order valence-electron chi connectivity index (χ4n) is 1.86. The maximum atomic E-state index is 13.8. The van der Waals surface area contributed by atoms with Crippen LogP contribution in [0.25, 0.3) is 0 Å². The second-order valence-corrected chi connectivity index (χ2v) is 4.46. The normalized spacial score (nSPS) is 11.9. The van der Waals surface area contributed by atoms with E-state index >= 15 is 0 Å². The summed E-state index contributed by atoms with van der Waals surface area (Å²) in [6.45, 7) is 1.86. The van der Waals surface area contributed by atoms with Crippen LogP contribution in [0, 0.1) is 11.2 Å². The van der Waals surface area contributed by atoms with Crippen LogP contribution >= 0.6 is 0 Å². The van der Waals surface area contributed by atoms with Crippen molar-refractivity contribution in [2.24, 2.45) is 5.73 Å². The van der Waals surface area contributed by atoms with Gasteiger partial charge >= 0.3 is 0 Å². The Morgan fingerprint density at radius 1 is 1.35 bits per heavy atom. The number of hydrogen-bond donors (Lipinski definition) is 2. The molecule has 6 heteroatoms. The molecule has 1 heterocycles. The van der Waals surface area contributed by atoms with E-state index in [2.05, 4.69) is 9.97 Å². The summed E-state index contributed by atoms with van der Waals surface area (Å²) in [6, 6.07) is 7.91. The van der Waals surface area contributed by atoms with Gasteiger partial charge in [-0.15, -0.1) is 0 Å². The highest BCUT2D eigenvalue weighted by atomic mass is 19.1. The minimum Gasteiger partial charge on any atom is -0.382 e. The molecule has 20 heavy (non-hydrogen) atoms. The van der Waals surface area contributed by atoms with Crippen LogP contribution in [-0.2, 0) is 0 Å². The van der Waals surface area contributed by atoms with E-state index in [1.165, 1.54) is 12.3 Å². The third kappa shape index (κ3) is 2.74. The molecule has 5 nitrogen and oxygen atoms in total. The lowest BCUT2D eigenvalue weighted by atomic mass is 10.1. The SMILES string of the molecule is CC(c1ccccc1F)N(C)c1nccc(C(=N)N)n1. The zero-order chi connectivity index (χ0) is 14.7. The first kappa shape index (κ1) is 13.9. The van der Waals surface area contributed by atoms with Crippen molar-refractivity contribution in [1.29, 1.82) is 5.41 Å². The number of nitrogens with zero attached hydrogens (tertiary/aromatic N) is 3. The first-order chi connectivity index (χ1) is 9.50. The average molecular weight is 273 g/mol. The molecule has 0 aliphatic carbocycles. The number of anilines is 1. The number of amidine groups is 1. The summed E-state index contributed by atoms with van der Waals surface area (Å²) in [6.07, 6.45) is 1.53. The Kier molecular flexibility index (Phi) is 3.93. The van der Waals surface area contributed by atoms with Gasteiger partial charge in [-0.1, -0.05) is 18.2 Å². The monoisotopic (exact) mass is 273 g/mol. The first-order valence-corrected chi connectivity index (χ1v) is 6.15. The van der Waals surface area contributed by atoms with E-state index in [4.69, 9.17) is 11.1 Å². The topological polar surface area (TPSA) is 78.9 Å². The van der Waals surface area contributed by atoms with Gasteiger partial charge in [0.2, 0.25) is 5.95 Å². The van der Waals surface area contributed by atoms with Gasteiger partial charge in [0.15, 0.2) is 0 Å². The van der Waals surface area contributed by atoms with Gasteiger partial charge in [-0.2, -0.15) is 0 Å². The van der Waals surface area contributed by atoms with Crippen LogP contribution in [-0.4, -0.2) is 22.9 Å². The maximum absolute atomic E-state index is 13.8. The molecular weight excluding hydrogens is 257 g/mol. The summed E-state index contributed by atoms with van der Waals surface area (Å²) in [5, 5.41) is 7.39. The Bertz CT molecular complexity index is 628. The van der Waals surface area contributed by atoms with Crippen molar-refractivity contribution in [3.63, 3.8) is 0 Å². The summed E-state index contributed by atoms with van der Waals surface area (Å²) in [4.78, 5) is 10.1. The van der Waals surface area contributed by atoms with Crippen molar-refractivity contribution >= 4 is 11.8 Å². The van der Waals surface area contributed by atoms with E-state index in [1.54, 1.807) is 36.2 Å². The molecule has 0 saturated carbocycles. The van der Waals surface area contributed by atoms with Crippen LogP contribution in [0.2, 0.25) is 0 Å². The molecule has 0 amide bonds. The van der Waals surface area contributed by atoms with Gasteiger partial charge in [0, 0.05) is 18.8 Å². The zero-order valence-electron chi connectivity index (χ0n) is 11.3. The van der Waals surface area contributed by atoms with Crippen LogP contribution in [0.4, 0.5) is 10.3 Å². The quantitative estimate of drug-likeness (QED) is 0.660. The van der Waals surface area contributed by atoms with Gasteiger partial charge in [-0.3, -0.25) is 5.41 Å². The van der Waals surface area contributed by atoms with E-state index in [9.17, 15) is 4.39 Å². The van der Waals surface area contributed by atoms with Crippen LogP contribution < -0.4 is 10.6 Å². The molecule has 0 bridgehead atoms. The summed E-state index contributed by atoms with van der Waals surface area (Å²) >= 11 is 0. The Labute approximate surface area is 116 Å². The van der Waals surface area contributed by atoms with Gasteiger partial charge in [-0.05, 0) is 19.1 Å². The highest BCUT2D eigenvalue weighted by Gasteiger charge is 2.18. The molecule has 0 aliphatic rings. The predicted molar refractivity (Wildman–Crippen MR) is 76.3 cm³/mol. The lowest BCUT2D eigenvalue weighted by Crippen LogP contribution is -2.25. The molecule has 1 aromatic heterocycles. The fourth-order valence-corrected chi connectivity index (χ4v) is 1.86. The van der Waals surface area contributed by atoms with Crippen molar-refractivity contribution in [2.45, 2.75) is 13.0 Å². The summed E-state index contributed by atoms with van der Waals surface area (Å²) in [5.74, 6) is 0.00335. The summed E-state index contributed by atoms with van der Waals surface area (Å²) in [5.41, 5.74) is 6.32. The number of nitrogens with one attached hydrogen (secondary N) is 1. The number of nitrogens with two attached hydrogens (primary N) is 1. The average Bonchev–Trinajstić information content (AvgIpc) is 2.46. The van der Waals surface area contributed by atoms with Crippen LogP contribution in [0.15, 0.2) is 36.5 Å². The molecule has 104 valence electrons. The molecule has 0 aliphatic heterocycles. The Morgan fingerprint density at radius 3 is 2.70 bits per heavy atom. The van der Waals surface area contributed by atoms with E-state index < -0.39 is 0 Å². The summed E-state index contributed by atoms with van der Waals surface area (Å²) < 4.78 is 13.8. The van der Waals surface area contributed by atoms with E-state index in [-0.39, 0.29) is 17.7 Å². The molecule has 2 rings (SSSR count). The first-order valence-electron chi connectivity index (χ1n) is 6.15. The van der Waals surface area contributed by atoms with Gasteiger partial charge in [-0.25, -0.2) is 14.4 Å². The zero-order valence-corrected chi connectivity index (χ0v) is 11.3. The number of benzene rings is 1. The highest BCUT2D eigenvalue weighted by Crippen LogP contribution is 2.24. The van der Waals surface area contributed by atoms with Crippen molar-refractivity contribution in [2.75, 3.05) is 11.9 Å². The fraction of sp³-hybridized carbons (Fsp3) is 0.214. The van der Waals surface area contributed by atoms with Gasteiger partial charge in [0.1, 0.15) is 17.3 Å². The molecule has 1 aromatic carbocycles. The molecule has 0 spiro atoms. The highest BCUT2D eigenvalue weighted by molar-refractivity contribution is 5.93. The van der Waals surface area contributed by atoms with Crippen molar-refractivity contribution in [3.05, 3.63) is 53.6 Å². The number of aromatic nitrogens is 2. The molecule has 2 aromatic rings. The Balaban J connectivity index is 2.31. The second-order valence-electron chi connectivity index (χ2n) is 4.46. The number of hydrogen-bond acceptors (Lipinski definition) is 4. The minimum absolute atomic E-state index is 0.124. The number of halogens is 1. The van der Waals surface area contributed by atoms with Gasteiger partial charge < -0.3 is 10.6 Å². The number of nitrogen functional groups attached to an aromatic ring is 1. The van der Waals surface area contributed by atoms with E-state index in [1.807, 2.05) is 6.92 Å². The maximum Gasteiger partial charge on any atom is 0.226 e. The van der Waals surface area contributed by atoms with Crippen molar-refractivity contribution in [3.8, 4) is 0 Å². The van der Waals surface area contributed by atoms with E-state index in [0.29, 0.717) is 17.2 Å². The molecule has 1 atom stereocenters. The smallest absolute Gasteiger partial charge is 0.226 e. The number of rotatable bonds is 4. The largest absolute Gasteiger partial charge is 0.382 e. The van der Waals surface area contributed by atoms with Crippen molar-refractivity contribution in [1.82, 2.24) is 9.97 Å². The van der Waals surface area contributed by atoms with Gasteiger partial charge in [0.25, 0.3) is 0 Å². The second kappa shape index (κ2) is 5.64. The lowest BCUT2D eigenvalue weighted by Gasteiger charge is -2.25. The third-order valence-electron chi connectivity index (χ3n) is 3.17.